The molecule has 3 fully saturated rings. The molecular weight excluding hydrogens is 364 g/mol. The van der Waals surface area contributed by atoms with Crippen molar-refractivity contribution < 1.29 is 5.11 Å². The smallest absolute Gasteiger partial charge is 0.0577 e. The van der Waals surface area contributed by atoms with Gasteiger partial charge in [-0.15, -0.1) is 0 Å². The second-order valence-electron chi connectivity index (χ2n) is 12.4. The number of hydrogen-bond donors (Lipinski definition) is 1. The Kier molecular flexibility index (Phi) is 6.35. The van der Waals surface area contributed by atoms with E-state index in [0.717, 1.165) is 42.4 Å². The Morgan fingerprint density at radius 1 is 1.10 bits per heavy atom. The van der Waals surface area contributed by atoms with Crippen LogP contribution in [0.4, 0.5) is 0 Å². The molecule has 4 rings (SSSR count). The number of aliphatic hydroxyl groups excluding tert-OH is 1. The van der Waals surface area contributed by atoms with Gasteiger partial charge in [0.15, 0.2) is 0 Å². The number of rotatable bonds is 5. The van der Waals surface area contributed by atoms with Crippen LogP contribution in [0.1, 0.15) is 106 Å². The maximum atomic E-state index is 10.2. The first-order valence-electron chi connectivity index (χ1n) is 13.2. The van der Waals surface area contributed by atoms with Gasteiger partial charge >= 0.3 is 0 Å². The predicted octanol–water partition coefficient (Wildman–Crippen LogP) is 7.94. The largest absolute Gasteiger partial charge is 0.393 e. The van der Waals surface area contributed by atoms with Gasteiger partial charge in [-0.1, -0.05) is 57.9 Å². The van der Waals surface area contributed by atoms with E-state index in [1.807, 2.05) is 0 Å². The zero-order valence-electron chi connectivity index (χ0n) is 20.7. The molecule has 0 spiro atoms. The van der Waals surface area contributed by atoms with Crippen molar-refractivity contribution in [1.82, 2.24) is 0 Å². The van der Waals surface area contributed by atoms with Crippen LogP contribution >= 0.6 is 0 Å². The molecule has 0 aromatic heterocycles. The topological polar surface area (TPSA) is 20.2 Å². The van der Waals surface area contributed by atoms with Gasteiger partial charge in [0.05, 0.1) is 6.10 Å². The predicted molar refractivity (Wildman–Crippen MR) is 128 cm³/mol. The van der Waals surface area contributed by atoms with Crippen molar-refractivity contribution in [1.29, 1.82) is 0 Å². The summed E-state index contributed by atoms with van der Waals surface area (Å²) in [7, 11) is 0. The van der Waals surface area contributed by atoms with Crippen LogP contribution in [0.5, 0.6) is 0 Å². The van der Waals surface area contributed by atoms with E-state index in [1.54, 1.807) is 11.1 Å². The SMILES string of the molecule is C/C=C(\CC[C@@H](C)C1CCC2C3CC=C4C[C@@H](O)CC[C@]4(C)C3CC[C@@]21C)C(C)C. The Morgan fingerprint density at radius 2 is 1.87 bits per heavy atom. The van der Waals surface area contributed by atoms with E-state index in [2.05, 4.69) is 53.7 Å². The minimum Gasteiger partial charge on any atom is -0.393 e. The van der Waals surface area contributed by atoms with Crippen molar-refractivity contribution in [3.05, 3.63) is 23.3 Å². The summed E-state index contributed by atoms with van der Waals surface area (Å²) in [6.07, 6.45) is 17.8. The second kappa shape index (κ2) is 8.42. The van der Waals surface area contributed by atoms with E-state index in [-0.39, 0.29) is 6.10 Å². The Labute approximate surface area is 186 Å². The first kappa shape index (κ1) is 22.6. The lowest BCUT2D eigenvalue weighted by Gasteiger charge is -2.58. The van der Waals surface area contributed by atoms with Crippen LogP contribution in [0.25, 0.3) is 0 Å². The summed E-state index contributed by atoms with van der Waals surface area (Å²) in [6, 6.07) is 0. The van der Waals surface area contributed by atoms with Gasteiger partial charge in [-0.05, 0) is 117 Å². The van der Waals surface area contributed by atoms with Crippen LogP contribution in [0, 0.1) is 46.3 Å². The summed E-state index contributed by atoms with van der Waals surface area (Å²) < 4.78 is 0. The van der Waals surface area contributed by atoms with E-state index in [0.29, 0.717) is 16.7 Å². The third-order valence-electron chi connectivity index (χ3n) is 10.8. The summed E-state index contributed by atoms with van der Waals surface area (Å²) in [6.45, 7) is 14.7. The van der Waals surface area contributed by atoms with Crippen molar-refractivity contribution in [3.63, 3.8) is 0 Å². The van der Waals surface area contributed by atoms with E-state index < -0.39 is 0 Å². The molecule has 1 heteroatoms. The number of fused-ring (bicyclic) bond motifs is 5. The maximum Gasteiger partial charge on any atom is 0.0577 e. The highest BCUT2D eigenvalue weighted by Crippen LogP contribution is 2.67. The fourth-order valence-electron chi connectivity index (χ4n) is 8.98. The Hall–Kier alpha value is -0.560. The molecule has 4 aliphatic rings. The Bertz CT molecular complexity index is 686. The summed E-state index contributed by atoms with van der Waals surface area (Å²) in [5, 5.41) is 10.2. The molecule has 1 N–H and O–H groups in total. The van der Waals surface area contributed by atoms with Gasteiger partial charge in [-0.25, -0.2) is 0 Å². The van der Waals surface area contributed by atoms with Gasteiger partial charge in [0, 0.05) is 0 Å². The molecule has 0 heterocycles. The quantitative estimate of drug-likeness (QED) is 0.454. The highest BCUT2D eigenvalue weighted by atomic mass is 16.3. The highest BCUT2D eigenvalue weighted by Gasteiger charge is 2.59. The minimum absolute atomic E-state index is 0.0839. The lowest BCUT2D eigenvalue weighted by atomic mass is 9.47. The zero-order chi connectivity index (χ0) is 21.7. The molecule has 0 aromatic carbocycles. The Morgan fingerprint density at radius 3 is 2.57 bits per heavy atom. The molecule has 4 unspecified atom stereocenters. The van der Waals surface area contributed by atoms with Gasteiger partial charge < -0.3 is 5.11 Å². The molecular formula is C29H48O. The van der Waals surface area contributed by atoms with Gasteiger partial charge in [0.25, 0.3) is 0 Å². The lowest BCUT2D eigenvalue weighted by Crippen LogP contribution is -2.50. The zero-order valence-corrected chi connectivity index (χ0v) is 20.7. The molecule has 4 aliphatic carbocycles. The third kappa shape index (κ3) is 3.66. The second-order valence-corrected chi connectivity index (χ2v) is 12.4. The first-order chi connectivity index (χ1) is 14.2. The van der Waals surface area contributed by atoms with Crippen LogP contribution in [-0.4, -0.2) is 11.2 Å². The molecule has 0 radical (unpaired) electrons. The van der Waals surface area contributed by atoms with Crippen molar-refractivity contribution in [2.75, 3.05) is 0 Å². The van der Waals surface area contributed by atoms with Gasteiger partial charge in [0.1, 0.15) is 0 Å². The summed E-state index contributed by atoms with van der Waals surface area (Å²) in [5.41, 5.74) is 4.21. The standard InChI is InChI=1S/C29H48O/c1-7-21(19(2)3)9-8-20(4)25-12-13-26-24-11-10-22-18-23(30)14-16-28(22,5)27(24)15-17-29(25,26)6/h7,10,19-20,23-27,30H,8-9,11-18H2,1-6H3/b21-7+/t20-,23+,24?,25?,26?,27?,28+,29-/m1/s1. The molecule has 0 amide bonds. The van der Waals surface area contributed by atoms with Gasteiger partial charge in [0.2, 0.25) is 0 Å². The molecule has 30 heavy (non-hydrogen) atoms. The number of allylic oxidation sites excluding steroid dienone is 3. The van der Waals surface area contributed by atoms with Crippen LogP contribution in [0.3, 0.4) is 0 Å². The minimum atomic E-state index is -0.0839. The van der Waals surface area contributed by atoms with Gasteiger partial charge in [-0.2, -0.15) is 0 Å². The summed E-state index contributed by atoms with van der Waals surface area (Å²) in [5.74, 6) is 5.15. The molecule has 0 saturated heterocycles. The lowest BCUT2D eigenvalue weighted by molar-refractivity contribution is -0.0571. The summed E-state index contributed by atoms with van der Waals surface area (Å²) in [4.78, 5) is 0. The van der Waals surface area contributed by atoms with E-state index >= 15 is 0 Å². The monoisotopic (exact) mass is 412 g/mol. The molecule has 1 nitrogen and oxygen atoms in total. The van der Waals surface area contributed by atoms with Crippen molar-refractivity contribution >= 4 is 0 Å². The molecule has 0 aliphatic heterocycles. The molecule has 0 bridgehead atoms. The van der Waals surface area contributed by atoms with E-state index in [1.165, 1.54) is 51.4 Å². The first-order valence-corrected chi connectivity index (χ1v) is 13.2. The van der Waals surface area contributed by atoms with E-state index in [9.17, 15) is 5.11 Å². The number of aliphatic hydroxyl groups is 1. The molecule has 8 atom stereocenters. The molecule has 0 aromatic rings. The van der Waals surface area contributed by atoms with Crippen LogP contribution < -0.4 is 0 Å². The van der Waals surface area contributed by atoms with Crippen molar-refractivity contribution in [3.8, 4) is 0 Å². The van der Waals surface area contributed by atoms with Crippen LogP contribution in [0.15, 0.2) is 23.3 Å². The number of hydrogen-bond acceptors (Lipinski definition) is 1. The molecule has 170 valence electrons. The Balaban J connectivity index is 1.49. The maximum absolute atomic E-state index is 10.2. The highest BCUT2D eigenvalue weighted by molar-refractivity contribution is 5.25. The average Bonchev–Trinajstić information content (AvgIpc) is 3.06. The normalized spacial score (nSPS) is 44.9. The van der Waals surface area contributed by atoms with Gasteiger partial charge in [-0.3, -0.25) is 0 Å². The van der Waals surface area contributed by atoms with Crippen molar-refractivity contribution in [2.24, 2.45) is 46.3 Å². The molecule has 3 saturated carbocycles. The third-order valence-corrected chi connectivity index (χ3v) is 10.8. The van der Waals surface area contributed by atoms with Crippen LogP contribution in [0.2, 0.25) is 0 Å². The van der Waals surface area contributed by atoms with Crippen LogP contribution in [-0.2, 0) is 0 Å². The fraction of sp³-hybridized carbons (Fsp3) is 0.862. The van der Waals surface area contributed by atoms with Crippen molar-refractivity contribution in [2.45, 2.75) is 112 Å². The van der Waals surface area contributed by atoms with E-state index in [4.69, 9.17) is 0 Å². The summed E-state index contributed by atoms with van der Waals surface area (Å²) >= 11 is 0. The fourth-order valence-corrected chi connectivity index (χ4v) is 8.98. The average molecular weight is 413 g/mol.